The number of hydrogen-bond donors (Lipinski definition) is 1. The number of allylic oxidation sites excluding steroid dienone is 2. The molecule has 2 aromatic rings. The summed E-state index contributed by atoms with van der Waals surface area (Å²) in [6.45, 7) is 13.1. The predicted molar refractivity (Wildman–Crippen MR) is 123 cm³/mol. The number of esters is 1. The Morgan fingerprint density at radius 3 is 1.72 bits per heavy atom. The molecular formula is C26H32O3. The second-order valence-electron chi connectivity index (χ2n) is 7.87. The Bertz CT molecular complexity index is 818. The molecule has 0 bridgehead atoms. The molecule has 154 valence electrons. The maximum Gasteiger partial charge on any atom is 0.330 e. The van der Waals surface area contributed by atoms with Crippen LogP contribution in [-0.4, -0.2) is 16.7 Å². The van der Waals surface area contributed by atoms with Crippen molar-refractivity contribution < 1.29 is 14.6 Å². The van der Waals surface area contributed by atoms with E-state index in [2.05, 4.69) is 50.8 Å². The van der Waals surface area contributed by atoms with Crippen LogP contribution in [0.5, 0.6) is 5.75 Å². The van der Waals surface area contributed by atoms with E-state index in [1.807, 2.05) is 51.1 Å². The van der Waals surface area contributed by atoms with Crippen LogP contribution in [0, 0.1) is 0 Å². The zero-order valence-corrected chi connectivity index (χ0v) is 18.1. The first kappa shape index (κ1) is 24.0. The Hall–Kier alpha value is -3.07. The lowest BCUT2D eigenvalue weighted by molar-refractivity contribution is -0.148. The minimum absolute atomic E-state index is 0.294. The summed E-state index contributed by atoms with van der Waals surface area (Å²) < 4.78 is 4.83. The van der Waals surface area contributed by atoms with E-state index in [1.54, 1.807) is 12.1 Å². The smallest absolute Gasteiger partial charge is 0.330 e. The molecule has 2 rings (SSSR count). The highest BCUT2D eigenvalue weighted by Crippen LogP contribution is 2.15. The van der Waals surface area contributed by atoms with Gasteiger partial charge in [-0.05, 0) is 55.5 Å². The lowest BCUT2D eigenvalue weighted by atomic mass is 10.0. The molecule has 0 aliphatic carbocycles. The molecule has 0 amide bonds. The maximum absolute atomic E-state index is 10.5. The largest absolute Gasteiger partial charge is 0.508 e. The Morgan fingerprint density at radius 1 is 0.931 bits per heavy atom. The van der Waals surface area contributed by atoms with E-state index >= 15 is 0 Å². The first-order valence-corrected chi connectivity index (χ1v) is 9.70. The molecular weight excluding hydrogens is 360 g/mol. The van der Waals surface area contributed by atoms with Crippen molar-refractivity contribution in [3.63, 3.8) is 0 Å². The van der Waals surface area contributed by atoms with Crippen molar-refractivity contribution in [2.24, 2.45) is 0 Å². The molecule has 0 saturated heterocycles. The molecule has 0 saturated carbocycles. The van der Waals surface area contributed by atoms with Crippen molar-refractivity contribution in [1.29, 1.82) is 0 Å². The molecule has 0 atom stereocenters. The molecule has 3 nitrogen and oxygen atoms in total. The van der Waals surface area contributed by atoms with Crippen LogP contribution < -0.4 is 0 Å². The van der Waals surface area contributed by atoms with Gasteiger partial charge in [0.25, 0.3) is 0 Å². The van der Waals surface area contributed by atoms with Crippen molar-refractivity contribution >= 4 is 18.1 Å². The van der Waals surface area contributed by atoms with E-state index in [9.17, 15) is 9.90 Å². The zero-order chi connectivity index (χ0) is 21.9. The van der Waals surface area contributed by atoms with Gasteiger partial charge in [0.1, 0.15) is 11.4 Å². The number of hydrogen-bond acceptors (Lipinski definition) is 3. The van der Waals surface area contributed by atoms with Crippen molar-refractivity contribution in [3.05, 3.63) is 90.0 Å². The van der Waals surface area contributed by atoms with Crippen LogP contribution in [0.3, 0.4) is 0 Å². The van der Waals surface area contributed by atoms with Crippen molar-refractivity contribution in [1.82, 2.24) is 0 Å². The summed E-state index contributed by atoms with van der Waals surface area (Å²) >= 11 is 0. The third-order valence-corrected chi connectivity index (χ3v) is 3.76. The van der Waals surface area contributed by atoms with Gasteiger partial charge in [0.15, 0.2) is 0 Å². The first-order chi connectivity index (χ1) is 13.6. The third-order valence-electron chi connectivity index (χ3n) is 3.76. The second kappa shape index (κ2) is 11.7. The molecule has 0 spiro atoms. The summed E-state index contributed by atoms with van der Waals surface area (Å²) in [7, 11) is 0. The fourth-order valence-corrected chi connectivity index (χ4v) is 2.25. The van der Waals surface area contributed by atoms with Crippen LogP contribution in [-0.2, 0) is 9.53 Å². The van der Waals surface area contributed by atoms with Crippen molar-refractivity contribution in [3.8, 4) is 5.75 Å². The standard InChI is InChI=1S/C19H20O.C7H12O2/c1-15(2)18-11-7-16(8-12-18)5-3-4-6-17-9-13-19(20)14-10-17;1-5-6(8)9-7(2,3)4/h3-15,20H,1-2H3;5H,1H2,2-4H3. The first-order valence-electron chi connectivity index (χ1n) is 9.70. The minimum Gasteiger partial charge on any atom is -0.508 e. The average Bonchev–Trinajstić information content (AvgIpc) is 2.66. The summed E-state index contributed by atoms with van der Waals surface area (Å²) in [4.78, 5) is 10.5. The van der Waals surface area contributed by atoms with Gasteiger partial charge in [-0.15, -0.1) is 0 Å². The molecule has 29 heavy (non-hydrogen) atoms. The van der Waals surface area contributed by atoms with E-state index in [1.165, 1.54) is 11.1 Å². The van der Waals surface area contributed by atoms with E-state index in [0.29, 0.717) is 11.7 Å². The maximum atomic E-state index is 10.5. The summed E-state index contributed by atoms with van der Waals surface area (Å²) in [5.41, 5.74) is 3.24. The summed E-state index contributed by atoms with van der Waals surface area (Å²) in [5.74, 6) is 0.493. The van der Waals surface area contributed by atoms with E-state index in [4.69, 9.17) is 4.74 Å². The Labute approximate surface area is 175 Å². The lowest BCUT2D eigenvalue weighted by Crippen LogP contribution is -2.22. The van der Waals surface area contributed by atoms with Gasteiger partial charge in [-0.2, -0.15) is 0 Å². The van der Waals surface area contributed by atoms with Crippen LogP contribution in [0.2, 0.25) is 0 Å². The summed E-state index contributed by atoms with van der Waals surface area (Å²) in [5, 5.41) is 9.20. The molecule has 0 aromatic heterocycles. The minimum atomic E-state index is -0.398. The van der Waals surface area contributed by atoms with Crippen molar-refractivity contribution in [2.45, 2.75) is 46.1 Å². The highest BCUT2D eigenvalue weighted by Gasteiger charge is 2.12. The van der Waals surface area contributed by atoms with Gasteiger partial charge in [-0.25, -0.2) is 4.79 Å². The molecule has 0 aliphatic rings. The molecule has 0 unspecified atom stereocenters. The molecule has 0 aliphatic heterocycles. The Kier molecular flexibility index (Phi) is 9.67. The Morgan fingerprint density at radius 2 is 1.38 bits per heavy atom. The number of benzene rings is 2. The van der Waals surface area contributed by atoms with Gasteiger partial charge in [0.2, 0.25) is 0 Å². The fourth-order valence-electron chi connectivity index (χ4n) is 2.25. The van der Waals surface area contributed by atoms with Gasteiger partial charge in [-0.3, -0.25) is 0 Å². The molecule has 3 heteroatoms. The van der Waals surface area contributed by atoms with E-state index < -0.39 is 5.60 Å². The van der Waals surface area contributed by atoms with Gasteiger partial charge < -0.3 is 9.84 Å². The van der Waals surface area contributed by atoms with Gasteiger partial charge >= 0.3 is 5.97 Å². The molecule has 1 N–H and O–H groups in total. The number of carbonyl (C=O) groups excluding carboxylic acids is 1. The average molecular weight is 393 g/mol. The number of rotatable bonds is 5. The van der Waals surface area contributed by atoms with Gasteiger partial charge in [0, 0.05) is 6.08 Å². The highest BCUT2D eigenvalue weighted by molar-refractivity contribution is 5.81. The predicted octanol–water partition coefficient (Wildman–Crippen LogP) is 6.76. The zero-order valence-electron chi connectivity index (χ0n) is 18.1. The number of phenols is 1. The third kappa shape index (κ3) is 10.7. The van der Waals surface area contributed by atoms with Crippen LogP contribution >= 0.6 is 0 Å². The molecule has 0 radical (unpaired) electrons. The number of carbonyl (C=O) groups is 1. The second-order valence-corrected chi connectivity index (χ2v) is 7.87. The van der Waals surface area contributed by atoms with Gasteiger partial charge in [-0.1, -0.05) is 81.1 Å². The topological polar surface area (TPSA) is 46.5 Å². The number of ether oxygens (including phenoxy) is 1. The quantitative estimate of drug-likeness (QED) is 0.347. The highest BCUT2D eigenvalue weighted by atomic mass is 16.6. The van der Waals surface area contributed by atoms with Gasteiger partial charge in [0.05, 0.1) is 0 Å². The molecule has 0 fully saturated rings. The van der Waals surface area contributed by atoms with Crippen LogP contribution in [0.4, 0.5) is 0 Å². The SMILES string of the molecule is C=CC(=O)OC(C)(C)C.CC(C)c1ccc(C=CC=Cc2ccc(O)cc2)cc1. The number of phenolic OH excluding ortho intramolecular Hbond substituents is 1. The summed E-state index contributed by atoms with van der Waals surface area (Å²) in [6.07, 6.45) is 9.28. The van der Waals surface area contributed by atoms with Crippen molar-refractivity contribution in [2.75, 3.05) is 0 Å². The van der Waals surface area contributed by atoms with Crippen LogP contribution in [0.15, 0.2) is 73.3 Å². The lowest BCUT2D eigenvalue weighted by Gasteiger charge is -2.17. The monoisotopic (exact) mass is 392 g/mol. The van der Waals surface area contributed by atoms with E-state index in [-0.39, 0.29) is 5.97 Å². The Balaban J connectivity index is 0.000000396. The van der Waals surface area contributed by atoms with Crippen LogP contribution in [0.25, 0.3) is 12.2 Å². The number of aromatic hydroxyl groups is 1. The molecule has 0 heterocycles. The molecule has 2 aromatic carbocycles. The van der Waals surface area contributed by atoms with E-state index in [0.717, 1.165) is 11.6 Å². The normalized spacial score (nSPS) is 11.4. The fraction of sp³-hybridized carbons (Fsp3) is 0.269. The van der Waals surface area contributed by atoms with Crippen LogP contribution in [0.1, 0.15) is 57.2 Å². The summed E-state index contributed by atoms with van der Waals surface area (Å²) in [6, 6.07) is 15.8.